The van der Waals surface area contributed by atoms with Crippen molar-refractivity contribution in [3.8, 4) is 23.2 Å². The molecule has 0 fully saturated rings. The second-order valence-corrected chi connectivity index (χ2v) is 10.4. The maximum Gasteiger partial charge on any atom is 0.245 e. The van der Waals surface area contributed by atoms with Gasteiger partial charge in [0.1, 0.15) is 11.4 Å². The summed E-state index contributed by atoms with van der Waals surface area (Å²) in [6, 6.07) is 32.3. The van der Waals surface area contributed by atoms with Crippen molar-refractivity contribution in [3.05, 3.63) is 119 Å². The fraction of sp³-hybridized carbons (Fsp3) is 0.0857. The van der Waals surface area contributed by atoms with Gasteiger partial charge >= 0.3 is 0 Å². The molecular formula is C35H26N6O2. The molecule has 0 spiro atoms. The quantitative estimate of drug-likeness (QED) is 0.243. The van der Waals surface area contributed by atoms with Gasteiger partial charge in [0, 0.05) is 42.3 Å². The second-order valence-electron chi connectivity index (χ2n) is 10.4. The van der Waals surface area contributed by atoms with Gasteiger partial charge in [-0.2, -0.15) is 0 Å². The molecule has 0 aliphatic carbocycles. The van der Waals surface area contributed by atoms with Crippen LogP contribution in [0.5, 0.6) is 0 Å². The molecule has 0 unspecified atom stereocenters. The normalized spacial score (nSPS) is 12.8. The van der Waals surface area contributed by atoms with Crippen LogP contribution in [-0.2, 0) is 6.42 Å². The van der Waals surface area contributed by atoms with Gasteiger partial charge in [-0.25, -0.2) is 9.97 Å². The molecule has 4 aromatic carbocycles. The van der Waals surface area contributed by atoms with Crippen molar-refractivity contribution in [2.24, 2.45) is 9.98 Å². The Kier molecular flexibility index (Phi) is 5.78. The number of aromatic nitrogens is 4. The van der Waals surface area contributed by atoms with Crippen LogP contribution in [0.15, 0.2) is 116 Å². The molecule has 0 atom stereocenters. The van der Waals surface area contributed by atoms with E-state index in [0.717, 1.165) is 66.1 Å². The topological polar surface area (TPSA) is 108 Å². The number of hydrogen-bond acceptors (Lipinski definition) is 6. The van der Waals surface area contributed by atoms with Gasteiger partial charge in [0.25, 0.3) is 0 Å². The fourth-order valence-electron chi connectivity index (χ4n) is 5.92. The van der Waals surface area contributed by atoms with Gasteiger partial charge < -0.3 is 18.8 Å². The van der Waals surface area contributed by atoms with E-state index in [2.05, 4.69) is 44.2 Å². The van der Waals surface area contributed by atoms with Crippen molar-refractivity contribution in [2.75, 3.05) is 14.1 Å². The first-order valence-electron chi connectivity index (χ1n) is 14.1. The molecule has 8 rings (SSSR count). The monoisotopic (exact) mass is 562 g/mol. The highest BCUT2D eigenvalue weighted by Crippen LogP contribution is 2.37. The smallest absolute Gasteiger partial charge is 0.245 e. The Morgan fingerprint density at radius 3 is 1.37 bits per heavy atom. The van der Waals surface area contributed by atoms with Crippen LogP contribution in [0.3, 0.4) is 0 Å². The van der Waals surface area contributed by atoms with Crippen LogP contribution in [0, 0.1) is 0 Å². The lowest BCUT2D eigenvalue weighted by atomic mass is 9.98. The summed E-state index contributed by atoms with van der Waals surface area (Å²) in [6.45, 7) is 0. The van der Waals surface area contributed by atoms with E-state index in [9.17, 15) is 0 Å². The molecule has 2 N–H and O–H groups in total. The number of nitrogens with one attached hydrogen (secondary N) is 2. The van der Waals surface area contributed by atoms with Crippen LogP contribution in [-0.4, -0.2) is 34.0 Å². The third-order valence-corrected chi connectivity index (χ3v) is 7.91. The number of nitrogens with zero attached hydrogens (tertiary/aromatic N) is 4. The molecule has 0 amide bonds. The molecule has 4 aromatic heterocycles. The predicted octanol–water partition coefficient (Wildman–Crippen LogP) is 6.92. The maximum atomic E-state index is 6.34. The highest BCUT2D eigenvalue weighted by Gasteiger charge is 2.23. The van der Waals surface area contributed by atoms with Crippen molar-refractivity contribution in [2.45, 2.75) is 6.42 Å². The average Bonchev–Trinajstić information content (AvgIpc) is 3.62. The molecule has 0 saturated heterocycles. The third kappa shape index (κ3) is 4.06. The number of benzene rings is 4. The van der Waals surface area contributed by atoms with Gasteiger partial charge in [0.2, 0.25) is 22.9 Å². The number of rotatable bonds is 4. The molecule has 8 aromatic rings. The lowest BCUT2D eigenvalue weighted by Gasteiger charge is -2.08. The number of H-pyrrole nitrogens is 2. The Balaban J connectivity index is 1.39. The van der Waals surface area contributed by atoms with Crippen LogP contribution in [0.25, 0.3) is 66.8 Å². The Hall–Kier alpha value is -5.76. The first-order chi connectivity index (χ1) is 21.2. The van der Waals surface area contributed by atoms with E-state index >= 15 is 0 Å². The van der Waals surface area contributed by atoms with Crippen molar-refractivity contribution in [1.82, 2.24) is 19.9 Å². The zero-order chi connectivity index (χ0) is 28.9. The molecule has 8 nitrogen and oxygen atoms in total. The summed E-state index contributed by atoms with van der Waals surface area (Å²) < 4.78 is 12.7. The zero-order valence-corrected chi connectivity index (χ0v) is 23.6. The number of fused-ring (bicyclic) bond motifs is 4. The van der Waals surface area contributed by atoms with E-state index in [0.29, 0.717) is 29.3 Å². The minimum absolute atomic E-state index is 0.479. The summed E-state index contributed by atoms with van der Waals surface area (Å²) in [7, 11) is 3.46. The molecule has 43 heavy (non-hydrogen) atoms. The summed E-state index contributed by atoms with van der Waals surface area (Å²) in [5.41, 5.74) is 8.41. The van der Waals surface area contributed by atoms with Crippen LogP contribution in [0.1, 0.15) is 11.1 Å². The molecule has 0 aliphatic heterocycles. The Bertz CT molecular complexity index is 2300. The Labute approximate surface area is 245 Å². The highest BCUT2D eigenvalue weighted by atomic mass is 16.4. The van der Waals surface area contributed by atoms with Crippen molar-refractivity contribution < 1.29 is 8.83 Å². The summed E-state index contributed by atoms with van der Waals surface area (Å²) in [6.07, 6.45) is 0.559. The molecule has 8 heteroatoms. The third-order valence-electron chi connectivity index (χ3n) is 7.91. The molecular weight excluding hydrogens is 536 g/mol. The first-order valence-corrected chi connectivity index (χ1v) is 14.1. The molecule has 0 bridgehead atoms. The average molecular weight is 563 g/mol. The van der Waals surface area contributed by atoms with Crippen molar-refractivity contribution >= 4 is 43.6 Å². The van der Waals surface area contributed by atoms with E-state index in [1.807, 2.05) is 72.8 Å². The van der Waals surface area contributed by atoms with Crippen LogP contribution < -0.4 is 11.1 Å². The summed E-state index contributed by atoms with van der Waals surface area (Å²) in [4.78, 5) is 25.9. The molecule has 0 saturated carbocycles. The number of aromatic amines is 2. The molecule has 0 radical (unpaired) electrons. The van der Waals surface area contributed by atoms with E-state index in [1.165, 1.54) is 0 Å². The first kappa shape index (κ1) is 25.0. The van der Waals surface area contributed by atoms with Gasteiger partial charge in [0.15, 0.2) is 0 Å². The lowest BCUT2D eigenvalue weighted by molar-refractivity contribution is 0.500. The molecule has 0 aliphatic rings. The predicted molar refractivity (Wildman–Crippen MR) is 168 cm³/mol. The van der Waals surface area contributed by atoms with Gasteiger partial charge in [-0.3, -0.25) is 9.98 Å². The Morgan fingerprint density at radius 2 is 0.930 bits per heavy atom. The summed E-state index contributed by atoms with van der Waals surface area (Å²) >= 11 is 0. The van der Waals surface area contributed by atoms with Gasteiger partial charge in [-0.15, -0.1) is 0 Å². The Morgan fingerprint density at radius 1 is 0.535 bits per heavy atom. The SMILES string of the molecule is C/N=c1\oc(-c2[nH]c3ccccc3c2Cc2c(-c3nc4ccccc4/c(=N/C)o3)[nH]c3ccccc23)nc2ccccc12. The van der Waals surface area contributed by atoms with E-state index in [1.54, 1.807) is 14.1 Å². The van der Waals surface area contributed by atoms with Crippen LogP contribution in [0.2, 0.25) is 0 Å². The van der Waals surface area contributed by atoms with E-state index in [-0.39, 0.29) is 0 Å². The summed E-state index contributed by atoms with van der Waals surface area (Å²) in [5, 5.41) is 3.90. The van der Waals surface area contributed by atoms with Crippen LogP contribution >= 0.6 is 0 Å². The van der Waals surface area contributed by atoms with Gasteiger partial charge in [-0.05, 0) is 47.5 Å². The lowest BCUT2D eigenvalue weighted by Crippen LogP contribution is -2.07. The van der Waals surface area contributed by atoms with Crippen molar-refractivity contribution in [3.63, 3.8) is 0 Å². The van der Waals surface area contributed by atoms with Gasteiger partial charge in [0.05, 0.1) is 21.8 Å². The largest absolute Gasteiger partial charge is 0.418 e. The van der Waals surface area contributed by atoms with E-state index in [4.69, 9.17) is 18.8 Å². The minimum Gasteiger partial charge on any atom is -0.418 e. The molecule has 208 valence electrons. The van der Waals surface area contributed by atoms with Crippen molar-refractivity contribution in [1.29, 1.82) is 0 Å². The van der Waals surface area contributed by atoms with Crippen LogP contribution in [0.4, 0.5) is 0 Å². The summed E-state index contributed by atoms with van der Waals surface area (Å²) in [5.74, 6) is 0.958. The number of hydrogen-bond donors (Lipinski definition) is 2. The standard InChI is InChI=1S/C35H26N6O2/c1-36-32-22-13-5-9-17-28(22)40-34(42-32)30-24(20-11-3-7-15-26(20)38-30)19-25-21-12-4-8-16-27(21)39-31(25)35-41-29-18-10-6-14-23(29)33(37-2)43-35/h3-18,38-39H,19H2,1-2H3/b36-32-,37-33-. The van der Waals surface area contributed by atoms with Gasteiger partial charge in [-0.1, -0.05) is 60.7 Å². The van der Waals surface area contributed by atoms with E-state index < -0.39 is 0 Å². The second kappa shape index (κ2) is 9.95. The molecule has 4 heterocycles. The fourth-order valence-corrected chi connectivity index (χ4v) is 5.92. The zero-order valence-electron chi connectivity index (χ0n) is 23.6. The number of para-hydroxylation sites is 4. The highest BCUT2D eigenvalue weighted by molar-refractivity contribution is 5.94. The maximum absolute atomic E-state index is 6.34. The minimum atomic E-state index is 0.479.